The molecule has 136 valence electrons. The summed E-state index contributed by atoms with van der Waals surface area (Å²) < 4.78 is 0. The summed E-state index contributed by atoms with van der Waals surface area (Å²) in [4.78, 5) is 1.26. The second-order valence-corrected chi connectivity index (χ2v) is 8.48. The van der Waals surface area contributed by atoms with Crippen molar-refractivity contribution in [1.82, 2.24) is 0 Å². The van der Waals surface area contributed by atoms with Crippen molar-refractivity contribution >= 4 is 17.5 Å². The zero-order valence-electron chi connectivity index (χ0n) is 16.0. The van der Waals surface area contributed by atoms with Gasteiger partial charge in [0, 0.05) is 17.0 Å². The minimum atomic E-state index is 0.397. The molecule has 0 saturated heterocycles. The van der Waals surface area contributed by atoms with Gasteiger partial charge in [0.1, 0.15) is 0 Å². The third-order valence-electron chi connectivity index (χ3n) is 5.38. The van der Waals surface area contributed by atoms with E-state index < -0.39 is 0 Å². The Bertz CT molecular complexity index is 757. The topological polar surface area (TPSA) is 23.9 Å². The highest BCUT2D eigenvalue weighted by molar-refractivity contribution is 8.03. The van der Waals surface area contributed by atoms with E-state index in [9.17, 15) is 0 Å². The summed E-state index contributed by atoms with van der Waals surface area (Å²) in [6.45, 7) is 8.68. The molecule has 1 aromatic rings. The van der Waals surface area contributed by atoms with E-state index in [0.717, 1.165) is 48.3 Å². The zero-order valence-corrected chi connectivity index (χ0v) is 16.8. The van der Waals surface area contributed by atoms with Gasteiger partial charge in [-0.2, -0.15) is 0 Å². The minimum Gasteiger partial charge on any atom is -0.305 e. The zero-order chi connectivity index (χ0) is 18.5. The van der Waals surface area contributed by atoms with Gasteiger partial charge < -0.3 is 5.41 Å². The van der Waals surface area contributed by atoms with Crippen LogP contribution in [0.5, 0.6) is 0 Å². The molecule has 1 aromatic carbocycles. The van der Waals surface area contributed by atoms with Gasteiger partial charge in [-0.25, -0.2) is 0 Å². The molecule has 0 aliphatic heterocycles. The SMILES string of the molecule is C=C1CC(c2ccc(CC)cc2)CC(=N)/C1=C(/C)SCC1=CC=CCC1. The largest absolute Gasteiger partial charge is 0.305 e. The first-order valence-electron chi connectivity index (χ1n) is 9.61. The fraction of sp³-hybridized carbons (Fsp3) is 0.375. The molecule has 0 amide bonds. The third kappa shape index (κ3) is 4.48. The van der Waals surface area contributed by atoms with Gasteiger partial charge in [0.05, 0.1) is 0 Å². The lowest BCUT2D eigenvalue weighted by atomic mass is 9.77. The summed E-state index contributed by atoms with van der Waals surface area (Å²) in [7, 11) is 0. The van der Waals surface area contributed by atoms with Crippen LogP contribution in [0.25, 0.3) is 0 Å². The van der Waals surface area contributed by atoms with Crippen molar-refractivity contribution in [3.05, 3.63) is 81.8 Å². The molecular weight excluding hydrogens is 334 g/mol. The molecule has 1 saturated carbocycles. The maximum Gasteiger partial charge on any atom is 0.0402 e. The van der Waals surface area contributed by atoms with Crippen molar-refractivity contribution in [2.45, 2.75) is 51.9 Å². The van der Waals surface area contributed by atoms with E-state index in [2.05, 4.69) is 62.9 Å². The van der Waals surface area contributed by atoms with Crippen LogP contribution in [0.3, 0.4) is 0 Å². The molecule has 2 aliphatic carbocycles. The molecule has 1 fully saturated rings. The Labute approximate surface area is 162 Å². The van der Waals surface area contributed by atoms with Crippen molar-refractivity contribution in [2.24, 2.45) is 0 Å². The van der Waals surface area contributed by atoms with Gasteiger partial charge in [0.2, 0.25) is 0 Å². The van der Waals surface area contributed by atoms with Crippen molar-refractivity contribution in [3.8, 4) is 0 Å². The average molecular weight is 364 g/mol. The van der Waals surface area contributed by atoms with E-state index in [1.165, 1.54) is 28.0 Å². The molecular formula is C24H29NS. The van der Waals surface area contributed by atoms with Gasteiger partial charge in [-0.15, -0.1) is 11.8 Å². The average Bonchev–Trinajstić information content (AvgIpc) is 2.66. The van der Waals surface area contributed by atoms with E-state index in [1.54, 1.807) is 0 Å². The molecule has 0 radical (unpaired) electrons. The Morgan fingerprint density at radius 3 is 2.62 bits per heavy atom. The Hall–Kier alpha value is -1.80. The summed E-state index contributed by atoms with van der Waals surface area (Å²) in [5, 5.41) is 8.63. The molecule has 1 nitrogen and oxygen atoms in total. The number of hydrogen-bond donors (Lipinski definition) is 1. The predicted octanol–water partition coefficient (Wildman–Crippen LogP) is 6.99. The highest BCUT2D eigenvalue weighted by Gasteiger charge is 2.26. The van der Waals surface area contributed by atoms with Gasteiger partial charge in [0.15, 0.2) is 0 Å². The van der Waals surface area contributed by atoms with Crippen LogP contribution in [0, 0.1) is 5.41 Å². The summed E-state index contributed by atoms with van der Waals surface area (Å²) in [6.07, 6.45) is 11.8. The van der Waals surface area contributed by atoms with E-state index >= 15 is 0 Å². The van der Waals surface area contributed by atoms with Crippen molar-refractivity contribution in [2.75, 3.05) is 5.75 Å². The summed E-state index contributed by atoms with van der Waals surface area (Å²) in [5.74, 6) is 1.43. The lowest BCUT2D eigenvalue weighted by Crippen LogP contribution is -2.18. The maximum absolute atomic E-state index is 8.63. The van der Waals surface area contributed by atoms with Crippen molar-refractivity contribution in [1.29, 1.82) is 5.41 Å². The van der Waals surface area contributed by atoms with E-state index in [1.807, 2.05) is 11.8 Å². The molecule has 26 heavy (non-hydrogen) atoms. The lowest BCUT2D eigenvalue weighted by Gasteiger charge is -2.28. The number of hydrogen-bond acceptors (Lipinski definition) is 2. The Kier molecular flexibility index (Phi) is 6.37. The van der Waals surface area contributed by atoms with E-state index in [-0.39, 0.29) is 0 Å². The van der Waals surface area contributed by atoms with Crippen LogP contribution in [0.2, 0.25) is 0 Å². The standard InChI is InChI=1S/C24H29NS/c1-4-19-10-12-21(13-11-19)22-14-17(2)24(23(25)15-22)18(3)26-16-20-8-6-5-7-9-20/h5-6,8,10-13,22,25H,2,4,7,9,14-16H2,1,3H3/b24-18-,25-23?. The first-order valence-corrected chi connectivity index (χ1v) is 10.6. The lowest BCUT2D eigenvalue weighted by molar-refractivity contribution is 0.692. The summed E-state index contributed by atoms with van der Waals surface area (Å²) in [6, 6.07) is 8.92. The highest BCUT2D eigenvalue weighted by atomic mass is 32.2. The van der Waals surface area contributed by atoms with Crippen molar-refractivity contribution in [3.63, 3.8) is 0 Å². The number of nitrogens with one attached hydrogen (secondary N) is 1. The quantitative estimate of drug-likeness (QED) is 0.599. The molecule has 2 aliphatic rings. The molecule has 0 spiro atoms. The maximum atomic E-state index is 8.63. The molecule has 0 heterocycles. The number of thioether (sulfide) groups is 1. The smallest absolute Gasteiger partial charge is 0.0402 e. The van der Waals surface area contributed by atoms with Gasteiger partial charge in [-0.3, -0.25) is 0 Å². The highest BCUT2D eigenvalue weighted by Crippen LogP contribution is 2.40. The second-order valence-electron chi connectivity index (χ2n) is 7.29. The van der Waals surface area contributed by atoms with Gasteiger partial charge in [0.25, 0.3) is 0 Å². The van der Waals surface area contributed by atoms with Crippen LogP contribution in [0.15, 0.2) is 70.7 Å². The Morgan fingerprint density at radius 1 is 1.23 bits per heavy atom. The molecule has 2 heteroatoms. The van der Waals surface area contributed by atoms with Crippen LogP contribution in [-0.4, -0.2) is 11.5 Å². The van der Waals surface area contributed by atoms with Crippen LogP contribution in [0.4, 0.5) is 0 Å². The fourth-order valence-electron chi connectivity index (χ4n) is 3.80. The van der Waals surface area contributed by atoms with Gasteiger partial charge in [-0.1, -0.05) is 61.6 Å². The van der Waals surface area contributed by atoms with Crippen molar-refractivity contribution < 1.29 is 0 Å². The number of benzene rings is 1. The van der Waals surface area contributed by atoms with Crippen LogP contribution < -0.4 is 0 Å². The Morgan fingerprint density at radius 2 is 2.00 bits per heavy atom. The molecule has 0 aromatic heterocycles. The monoisotopic (exact) mass is 363 g/mol. The number of rotatable bonds is 5. The molecule has 1 atom stereocenters. The molecule has 1 unspecified atom stereocenters. The second kappa shape index (κ2) is 8.73. The van der Waals surface area contributed by atoms with E-state index in [4.69, 9.17) is 5.41 Å². The molecule has 1 N–H and O–H groups in total. The third-order valence-corrected chi connectivity index (χ3v) is 6.54. The van der Waals surface area contributed by atoms with Crippen LogP contribution >= 0.6 is 11.8 Å². The van der Waals surface area contributed by atoms with Gasteiger partial charge >= 0.3 is 0 Å². The fourth-order valence-corrected chi connectivity index (χ4v) is 4.86. The summed E-state index contributed by atoms with van der Waals surface area (Å²) >= 11 is 1.87. The van der Waals surface area contributed by atoms with Crippen LogP contribution in [-0.2, 0) is 6.42 Å². The first-order chi connectivity index (χ1) is 12.6. The number of aryl methyl sites for hydroxylation is 1. The normalized spacial score (nSPS) is 22.4. The van der Waals surface area contributed by atoms with Gasteiger partial charge in [-0.05, 0) is 66.6 Å². The molecule has 0 bridgehead atoms. The van der Waals surface area contributed by atoms with Crippen LogP contribution in [0.1, 0.15) is 56.6 Å². The predicted molar refractivity (Wildman–Crippen MR) is 116 cm³/mol. The minimum absolute atomic E-state index is 0.397. The first kappa shape index (κ1) is 19.0. The summed E-state index contributed by atoms with van der Waals surface area (Å²) in [5.41, 5.74) is 7.22. The number of allylic oxidation sites excluding steroid dienone is 6. The molecule has 3 rings (SSSR count). The Balaban J connectivity index is 1.69. The van der Waals surface area contributed by atoms with E-state index in [0.29, 0.717) is 5.92 Å².